The molecule has 0 fully saturated rings. The Morgan fingerprint density at radius 2 is 1.59 bits per heavy atom. The molecule has 140 valence electrons. The van der Waals surface area contributed by atoms with Crippen molar-refractivity contribution in [3.63, 3.8) is 0 Å². The van der Waals surface area contributed by atoms with Crippen LogP contribution in [0.5, 0.6) is 11.5 Å². The molecular formula is C23H24ClNO2. The first-order valence-electron chi connectivity index (χ1n) is 9.04. The normalized spacial score (nSPS) is 10.6. The van der Waals surface area contributed by atoms with Gasteiger partial charge in [-0.25, -0.2) is 0 Å². The van der Waals surface area contributed by atoms with Gasteiger partial charge < -0.3 is 14.8 Å². The van der Waals surface area contributed by atoms with Gasteiger partial charge in [0, 0.05) is 22.7 Å². The van der Waals surface area contributed by atoms with E-state index in [0.29, 0.717) is 18.2 Å². The standard InChI is InChI=1S/C23H24ClNO2/c1-26-22-13-7-11-19(16-25-15-14-18-8-3-2-4-9-18)23(22)27-17-20-10-5-6-12-21(20)24/h2-13,25H,14-17H2,1H3. The lowest BCUT2D eigenvalue weighted by Gasteiger charge is -2.16. The predicted octanol–water partition coefficient (Wildman–Crippen LogP) is 5.26. The van der Waals surface area contributed by atoms with Crippen LogP contribution in [-0.4, -0.2) is 13.7 Å². The fourth-order valence-corrected chi connectivity index (χ4v) is 3.08. The number of hydrogen-bond acceptors (Lipinski definition) is 3. The molecule has 0 spiro atoms. The third kappa shape index (κ3) is 5.49. The van der Waals surface area contributed by atoms with E-state index in [1.807, 2.05) is 42.5 Å². The summed E-state index contributed by atoms with van der Waals surface area (Å²) in [6, 6.07) is 24.1. The number of ether oxygens (including phenoxy) is 2. The summed E-state index contributed by atoms with van der Waals surface area (Å²) < 4.78 is 11.6. The molecule has 27 heavy (non-hydrogen) atoms. The highest BCUT2D eigenvalue weighted by Crippen LogP contribution is 2.32. The van der Waals surface area contributed by atoms with E-state index in [2.05, 4.69) is 35.6 Å². The molecule has 0 aromatic heterocycles. The minimum absolute atomic E-state index is 0.400. The summed E-state index contributed by atoms with van der Waals surface area (Å²) in [5.74, 6) is 1.48. The fraction of sp³-hybridized carbons (Fsp3) is 0.217. The summed E-state index contributed by atoms with van der Waals surface area (Å²) in [7, 11) is 1.66. The number of benzene rings is 3. The van der Waals surface area contributed by atoms with Crippen LogP contribution in [0.4, 0.5) is 0 Å². The number of rotatable bonds is 9. The predicted molar refractivity (Wildman–Crippen MR) is 111 cm³/mol. The second-order valence-electron chi connectivity index (χ2n) is 6.24. The lowest BCUT2D eigenvalue weighted by Crippen LogP contribution is -2.17. The van der Waals surface area contributed by atoms with Gasteiger partial charge in [-0.2, -0.15) is 0 Å². The molecule has 3 nitrogen and oxygen atoms in total. The molecule has 3 aromatic rings. The quantitative estimate of drug-likeness (QED) is 0.513. The van der Waals surface area contributed by atoms with Gasteiger partial charge in [0.05, 0.1) is 7.11 Å². The first-order valence-corrected chi connectivity index (χ1v) is 9.42. The van der Waals surface area contributed by atoms with Crippen molar-refractivity contribution < 1.29 is 9.47 Å². The Hall–Kier alpha value is -2.49. The molecule has 0 saturated heterocycles. The largest absolute Gasteiger partial charge is 0.493 e. The van der Waals surface area contributed by atoms with Crippen LogP contribution in [0.3, 0.4) is 0 Å². The van der Waals surface area contributed by atoms with Crippen molar-refractivity contribution >= 4 is 11.6 Å². The molecule has 3 rings (SSSR count). The Bertz CT molecular complexity index is 852. The van der Waals surface area contributed by atoms with Crippen LogP contribution in [0.1, 0.15) is 16.7 Å². The molecule has 0 amide bonds. The third-order valence-corrected chi connectivity index (χ3v) is 4.73. The molecule has 0 aliphatic carbocycles. The fourth-order valence-electron chi connectivity index (χ4n) is 2.89. The van der Waals surface area contributed by atoms with E-state index in [-0.39, 0.29) is 0 Å². The van der Waals surface area contributed by atoms with Crippen molar-refractivity contribution in [1.82, 2.24) is 5.32 Å². The van der Waals surface area contributed by atoms with Gasteiger partial charge in [-0.15, -0.1) is 0 Å². The molecule has 0 unspecified atom stereocenters. The van der Waals surface area contributed by atoms with E-state index in [1.165, 1.54) is 5.56 Å². The summed E-state index contributed by atoms with van der Waals surface area (Å²) in [6.45, 7) is 2.00. The van der Waals surface area contributed by atoms with Crippen LogP contribution in [0, 0.1) is 0 Å². The minimum Gasteiger partial charge on any atom is -0.493 e. The second-order valence-corrected chi connectivity index (χ2v) is 6.65. The average molecular weight is 382 g/mol. The zero-order chi connectivity index (χ0) is 18.9. The lowest BCUT2D eigenvalue weighted by molar-refractivity contribution is 0.280. The van der Waals surface area contributed by atoms with Crippen LogP contribution >= 0.6 is 11.6 Å². The van der Waals surface area contributed by atoms with E-state index in [1.54, 1.807) is 7.11 Å². The maximum absolute atomic E-state index is 6.24. The highest BCUT2D eigenvalue weighted by Gasteiger charge is 2.11. The molecule has 0 heterocycles. The van der Waals surface area contributed by atoms with Gasteiger partial charge in [-0.3, -0.25) is 0 Å². The minimum atomic E-state index is 0.400. The molecular weight excluding hydrogens is 358 g/mol. The molecule has 0 saturated carbocycles. The van der Waals surface area contributed by atoms with Crippen molar-refractivity contribution in [2.75, 3.05) is 13.7 Å². The molecule has 0 aliphatic heterocycles. The van der Waals surface area contributed by atoms with Crippen molar-refractivity contribution in [3.8, 4) is 11.5 Å². The van der Waals surface area contributed by atoms with E-state index in [0.717, 1.165) is 35.6 Å². The zero-order valence-electron chi connectivity index (χ0n) is 15.5. The first-order chi connectivity index (χ1) is 13.3. The summed E-state index contributed by atoms with van der Waals surface area (Å²) in [6.07, 6.45) is 0.987. The first kappa shape index (κ1) is 19.3. The van der Waals surface area contributed by atoms with Crippen LogP contribution in [0.2, 0.25) is 5.02 Å². The van der Waals surface area contributed by atoms with Crippen molar-refractivity contribution in [2.24, 2.45) is 0 Å². The van der Waals surface area contributed by atoms with Crippen LogP contribution < -0.4 is 14.8 Å². The molecule has 1 N–H and O–H groups in total. The van der Waals surface area contributed by atoms with Gasteiger partial charge in [-0.1, -0.05) is 72.3 Å². The van der Waals surface area contributed by atoms with E-state index >= 15 is 0 Å². The molecule has 0 atom stereocenters. The molecule has 0 aliphatic rings. The summed E-state index contributed by atoms with van der Waals surface area (Å²) in [4.78, 5) is 0. The Labute approximate surface area is 165 Å². The van der Waals surface area contributed by atoms with Crippen LogP contribution in [0.25, 0.3) is 0 Å². The van der Waals surface area contributed by atoms with Gasteiger partial charge in [0.1, 0.15) is 6.61 Å². The van der Waals surface area contributed by atoms with Crippen molar-refractivity contribution in [1.29, 1.82) is 0 Å². The molecule has 0 radical (unpaired) electrons. The smallest absolute Gasteiger partial charge is 0.166 e. The van der Waals surface area contributed by atoms with Gasteiger partial charge >= 0.3 is 0 Å². The Morgan fingerprint density at radius 1 is 0.852 bits per heavy atom. The van der Waals surface area contributed by atoms with Gasteiger partial charge in [0.2, 0.25) is 0 Å². The van der Waals surface area contributed by atoms with Crippen molar-refractivity contribution in [3.05, 3.63) is 94.5 Å². The number of para-hydroxylation sites is 1. The highest BCUT2D eigenvalue weighted by atomic mass is 35.5. The number of halogens is 1. The van der Waals surface area contributed by atoms with Crippen LogP contribution in [0.15, 0.2) is 72.8 Å². The Morgan fingerprint density at radius 3 is 2.37 bits per heavy atom. The lowest BCUT2D eigenvalue weighted by atomic mass is 10.1. The second kappa shape index (κ2) is 10.0. The third-order valence-electron chi connectivity index (χ3n) is 4.36. The van der Waals surface area contributed by atoms with E-state index in [9.17, 15) is 0 Å². The number of methoxy groups -OCH3 is 1. The van der Waals surface area contributed by atoms with Gasteiger partial charge in [0.15, 0.2) is 11.5 Å². The van der Waals surface area contributed by atoms with E-state index < -0.39 is 0 Å². The molecule has 4 heteroatoms. The summed E-state index contributed by atoms with van der Waals surface area (Å²) in [5, 5.41) is 4.19. The van der Waals surface area contributed by atoms with Gasteiger partial charge in [-0.05, 0) is 30.7 Å². The van der Waals surface area contributed by atoms with Crippen LogP contribution in [-0.2, 0) is 19.6 Å². The molecule has 3 aromatic carbocycles. The number of nitrogens with one attached hydrogen (secondary N) is 1. The highest BCUT2D eigenvalue weighted by molar-refractivity contribution is 6.31. The maximum atomic E-state index is 6.24. The number of hydrogen-bond donors (Lipinski definition) is 1. The monoisotopic (exact) mass is 381 g/mol. The zero-order valence-corrected chi connectivity index (χ0v) is 16.2. The average Bonchev–Trinajstić information content (AvgIpc) is 2.71. The van der Waals surface area contributed by atoms with Gasteiger partial charge in [0.25, 0.3) is 0 Å². The topological polar surface area (TPSA) is 30.5 Å². The maximum Gasteiger partial charge on any atom is 0.166 e. The van der Waals surface area contributed by atoms with E-state index in [4.69, 9.17) is 21.1 Å². The Kier molecular flexibility index (Phi) is 7.14. The van der Waals surface area contributed by atoms with Crippen molar-refractivity contribution in [2.45, 2.75) is 19.6 Å². The SMILES string of the molecule is COc1cccc(CNCCc2ccccc2)c1OCc1ccccc1Cl. The molecule has 0 bridgehead atoms. The summed E-state index contributed by atoms with van der Waals surface area (Å²) >= 11 is 6.24. The Balaban J connectivity index is 1.63. The summed E-state index contributed by atoms with van der Waals surface area (Å²) in [5.41, 5.74) is 3.34.